The lowest BCUT2D eigenvalue weighted by Gasteiger charge is -2.16. The van der Waals surface area contributed by atoms with E-state index in [-0.39, 0.29) is 0 Å². The highest BCUT2D eigenvalue weighted by Gasteiger charge is 2.33. The molecule has 0 saturated carbocycles. The molecule has 2 heterocycles. The molecule has 1 fully saturated rings. The van der Waals surface area contributed by atoms with Crippen LogP contribution in [0.25, 0.3) is 11.5 Å². The van der Waals surface area contributed by atoms with Gasteiger partial charge in [-0.3, -0.25) is 4.90 Å². The molecule has 3 aromatic rings. The van der Waals surface area contributed by atoms with E-state index in [0.717, 1.165) is 24.5 Å². The van der Waals surface area contributed by atoms with Gasteiger partial charge >= 0.3 is 0 Å². The van der Waals surface area contributed by atoms with Crippen LogP contribution in [0.5, 0.6) is 0 Å². The molecule has 0 bridgehead atoms. The summed E-state index contributed by atoms with van der Waals surface area (Å²) >= 11 is 0. The minimum absolute atomic E-state index is 0.461. The Balaban J connectivity index is 1.46. The van der Waals surface area contributed by atoms with E-state index in [9.17, 15) is 0 Å². The van der Waals surface area contributed by atoms with Gasteiger partial charge in [0.1, 0.15) is 0 Å². The number of nitrogens with zero attached hydrogens (tertiary/aromatic N) is 3. The zero-order chi connectivity index (χ0) is 17.1. The van der Waals surface area contributed by atoms with Crippen LogP contribution in [0.1, 0.15) is 17.3 Å². The van der Waals surface area contributed by atoms with Gasteiger partial charge in [0.2, 0.25) is 0 Å². The summed E-state index contributed by atoms with van der Waals surface area (Å²) in [5.41, 5.74) is 8.33. The van der Waals surface area contributed by atoms with Crippen molar-refractivity contribution in [3.63, 3.8) is 0 Å². The summed E-state index contributed by atoms with van der Waals surface area (Å²) in [7, 11) is 0. The van der Waals surface area contributed by atoms with E-state index in [1.807, 2.05) is 30.3 Å². The lowest BCUT2D eigenvalue weighted by molar-refractivity contribution is 0.300. The quantitative estimate of drug-likeness (QED) is 0.777. The van der Waals surface area contributed by atoms with Crippen molar-refractivity contribution < 1.29 is 4.52 Å². The summed E-state index contributed by atoms with van der Waals surface area (Å²) in [6, 6.07) is 20.5. The molecule has 1 aliphatic heterocycles. The molecule has 2 atom stereocenters. The van der Waals surface area contributed by atoms with E-state index in [2.05, 4.69) is 45.4 Å². The van der Waals surface area contributed by atoms with E-state index in [1.165, 1.54) is 5.56 Å². The number of nitrogens with two attached hydrogens (primary N) is 1. The van der Waals surface area contributed by atoms with Crippen LogP contribution in [0.2, 0.25) is 0 Å². The van der Waals surface area contributed by atoms with Crippen LogP contribution in [0.4, 0.5) is 0 Å². The molecule has 2 N–H and O–H groups in total. The molecule has 128 valence electrons. The SMILES string of the molecule is NC[C@@H]1CN(Cc2noc(-c3ccccc3)n2)C[C@H]1c1ccccc1. The first-order valence-corrected chi connectivity index (χ1v) is 8.69. The maximum absolute atomic E-state index is 6.02. The summed E-state index contributed by atoms with van der Waals surface area (Å²) in [5.74, 6) is 2.22. The molecule has 0 amide bonds. The molecule has 0 radical (unpaired) electrons. The zero-order valence-electron chi connectivity index (χ0n) is 14.1. The normalized spacial score (nSPS) is 20.8. The van der Waals surface area contributed by atoms with Crippen LogP contribution in [-0.2, 0) is 6.54 Å². The second-order valence-corrected chi connectivity index (χ2v) is 6.59. The van der Waals surface area contributed by atoms with Gasteiger partial charge in [0.05, 0.1) is 6.54 Å². The molecule has 25 heavy (non-hydrogen) atoms. The molecular weight excluding hydrogens is 312 g/mol. The van der Waals surface area contributed by atoms with Crippen molar-refractivity contribution in [2.45, 2.75) is 12.5 Å². The molecule has 0 aliphatic carbocycles. The number of benzene rings is 2. The van der Waals surface area contributed by atoms with Gasteiger partial charge in [-0.2, -0.15) is 4.98 Å². The maximum atomic E-state index is 6.02. The first kappa shape index (κ1) is 16.0. The number of likely N-dealkylation sites (tertiary alicyclic amines) is 1. The number of aromatic nitrogens is 2. The second-order valence-electron chi connectivity index (χ2n) is 6.59. The average Bonchev–Trinajstić information content (AvgIpc) is 3.30. The molecule has 5 heteroatoms. The average molecular weight is 334 g/mol. The van der Waals surface area contributed by atoms with Gasteiger partial charge < -0.3 is 10.3 Å². The molecule has 1 saturated heterocycles. The molecule has 1 aromatic heterocycles. The predicted octanol–water partition coefficient (Wildman–Crippen LogP) is 2.91. The summed E-state index contributed by atoms with van der Waals surface area (Å²) in [6.07, 6.45) is 0. The van der Waals surface area contributed by atoms with Crippen molar-refractivity contribution >= 4 is 0 Å². The van der Waals surface area contributed by atoms with E-state index < -0.39 is 0 Å². The second kappa shape index (κ2) is 7.17. The first-order valence-electron chi connectivity index (χ1n) is 8.69. The third-order valence-electron chi connectivity index (χ3n) is 4.90. The molecule has 0 unspecified atom stereocenters. The van der Waals surface area contributed by atoms with Crippen LogP contribution >= 0.6 is 0 Å². The van der Waals surface area contributed by atoms with E-state index >= 15 is 0 Å². The van der Waals surface area contributed by atoms with Crippen molar-refractivity contribution in [3.05, 3.63) is 72.1 Å². The lowest BCUT2D eigenvalue weighted by atomic mass is 9.89. The molecule has 1 aliphatic rings. The minimum Gasteiger partial charge on any atom is -0.334 e. The van der Waals surface area contributed by atoms with Gasteiger partial charge in [-0.25, -0.2) is 0 Å². The van der Waals surface area contributed by atoms with Crippen molar-refractivity contribution in [1.82, 2.24) is 15.0 Å². The first-order chi connectivity index (χ1) is 12.3. The third-order valence-corrected chi connectivity index (χ3v) is 4.90. The largest absolute Gasteiger partial charge is 0.334 e. The predicted molar refractivity (Wildman–Crippen MR) is 96.7 cm³/mol. The van der Waals surface area contributed by atoms with Crippen LogP contribution in [0, 0.1) is 5.92 Å². The Labute approximate surface area is 147 Å². The Morgan fingerprint density at radius 3 is 2.44 bits per heavy atom. The molecule has 2 aromatic carbocycles. The van der Waals surface area contributed by atoms with E-state index in [1.54, 1.807) is 0 Å². The van der Waals surface area contributed by atoms with E-state index in [4.69, 9.17) is 10.3 Å². The Morgan fingerprint density at radius 1 is 1.00 bits per heavy atom. The van der Waals surface area contributed by atoms with Gasteiger partial charge in [-0.1, -0.05) is 53.7 Å². The number of hydrogen-bond donors (Lipinski definition) is 1. The van der Waals surface area contributed by atoms with Crippen molar-refractivity contribution in [1.29, 1.82) is 0 Å². The van der Waals surface area contributed by atoms with Gasteiger partial charge in [0.25, 0.3) is 5.89 Å². The Bertz CT molecular complexity index is 803. The Morgan fingerprint density at radius 2 is 1.72 bits per heavy atom. The number of rotatable bonds is 5. The minimum atomic E-state index is 0.461. The summed E-state index contributed by atoms with van der Waals surface area (Å²) in [4.78, 5) is 6.91. The standard InChI is InChI=1S/C20H22N4O/c21-11-17-12-24(13-18(17)15-7-3-1-4-8-15)14-19-22-20(25-23-19)16-9-5-2-6-10-16/h1-10,17-18H,11-14,21H2/t17-,18+/m1/s1. The smallest absolute Gasteiger partial charge is 0.257 e. The number of hydrogen-bond acceptors (Lipinski definition) is 5. The summed E-state index contributed by atoms with van der Waals surface area (Å²) < 4.78 is 5.41. The maximum Gasteiger partial charge on any atom is 0.257 e. The van der Waals surface area contributed by atoms with E-state index in [0.29, 0.717) is 30.8 Å². The highest BCUT2D eigenvalue weighted by Crippen LogP contribution is 2.32. The highest BCUT2D eigenvalue weighted by molar-refractivity contribution is 5.51. The summed E-state index contributed by atoms with van der Waals surface area (Å²) in [5, 5.41) is 4.15. The fourth-order valence-electron chi connectivity index (χ4n) is 3.62. The van der Waals surface area contributed by atoms with Crippen molar-refractivity contribution in [3.8, 4) is 11.5 Å². The van der Waals surface area contributed by atoms with Crippen molar-refractivity contribution in [2.75, 3.05) is 19.6 Å². The van der Waals surface area contributed by atoms with Crippen LogP contribution in [0.15, 0.2) is 65.2 Å². The zero-order valence-corrected chi connectivity index (χ0v) is 14.1. The highest BCUT2D eigenvalue weighted by atomic mass is 16.5. The van der Waals surface area contributed by atoms with Crippen LogP contribution in [-0.4, -0.2) is 34.7 Å². The Hall–Kier alpha value is -2.50. The lowest BCUT2D eigenvalue weighted by Crippen LogP contribution is -2.23. The van der Waals surface area contributed by atoms with Crippen LogP contribution in [0.3, 0.4) is 0 Å². The van der Waals surface area contributed by atoms with Gasteiger partial charge in [0.15, 0.2) is 5.82 Å². The monoisotopic (exact) mass is 334 g/mol. The fraction of sp³-hybridized carbons (Fsp3) is 0.300. The molecule has 0 spiro atoms. The van der Waals surface area contributed by atoms with Gasteiger partial charge in [0, 0.05) is 24.6 Å². The molecular formula is C20H22N4O. The van der Waals surface area contributed by atoms with Crippen LogP contribution < -0.4 is 5.73 Å². The van der Waals surface area contributed by atoms with Gasteiger partial charge in [-0.05, 0) is 30.2 Å². The Kier molecular flexibility index (Phi) is 4.59. The third kappa shape index (κ3) is 3.48. The summed E-state index contributed by atoms with van der Waals surface area (Å²) in [6.45, 7) is 3.32. The topological polar surface area (TPSA) is 68.2 Å². The molecule has 4 rings (SSSR count). The fourth-order valence-corrected chi connectivity index (χ4v) is 3.62. The molecule has 5 nitrogen and oxygen atoms in total. The van der Waals surface area contributed by atoms with Crippen molar-refractivity contribution in [2.24, 2.45) is 11.7 Å². The van der Waals surface area contributed by atoms with Gasteiger partial charge in [-0.15, -0.1) is 0 Å².